The van der Waals surface area contributed by atoms with E-state index >= 15 is 0 Å². The zero-order valence-electron chi connectivity index (χ0n) is 15.4. The van der Waals surface area contributed by atoms with Gasteiger partial charge in [0.05, 0.1) is 12.1 Å². The van der Waals surface area contributed by atoms with Crippen molar-refractivity contribution in [2.45, 2.75) is 13.3 Å². The molecule has 4 rings (SSSR count). The Labute approximate surface area is 167 Å². The maximum atomic E-state index is 12.3. The second-order valence-corrected chi connectivity index (χ2v) is 7.42. The lowest BCUT2D eigenvalue weighted by atomic mass is 10.1. The Balaban J connectivity index is 1.42. The first-order valence-electron chi connectivity index (χ1n) is 8.99. The van der Waals surface area contributed by atoms with Crippen LogP contribution in [0.15, 0.2) is 78.4 Å². The number of amides is 1. The molecule has 138 valence electrons. The van der Waals surface area contributed by atoms with Gasteiger partial charge >= 0.3 is 0 Å². The molecule has 1 amide bonds. The molecule has 0 aliphatic rings. The molecule has 2 aromatic heterocycles. The smallest absolute Gasteiger partial charge is 0.228 e. The van der Waals surface area contributed by atoms with E-state index in [1.807, 2.05) is 67.6 Å². The molecule has 0 saturated carbocycles. The summed E-state index contributed by atoms with van der Waals surface area (Å²) in [5.74, 6) is -0.0229. The van der Waals surface area contributed by atoms with Crippen LogP contribution in [0.5, 0.6) is 0 Å². The summed E-state index contributed by atoms with van der Waals surface area (Å²) >= 11 is 1.61. The monoisotopic (exact) mass is 385 g/mol. The van der Waals surface area contributed by atoms with E-state index in [4.69, 9.17) is 4.98 Å². The molecule has 5 heteroatoms. The number of nitrogens with one attached hydrogen (secondary N) is 1. The molecule has 0 bridgehead atoms. The molecule has 0 unspecified atom stereocenters. The highest BCUT2D eigenvalue weighted by atomic mass is 32.1. The molecule has 28 heavy (non-hydrogen) atoms. The molecule has 0 saturated heterocycles. The van der Waals surface area contributed by atoms with Crippen LogP contribution >= 0.6 is 11.3 Å². The first kappa shape index (κ1) is 18.1. The Bertz CT molecular complexity index is 1070. The van der Waals surface area contributed by atoms with Gasteiger partial charge in [-0.3, -0.25) is 9.78 Å². The summed E-state index contributed by atoms with van der Waals surface area (Å²) in [7, 11) is 0. The molecular formula is C23H19N3OS. The molecule has 4 aromatic rings. The van der Waals surface area contributed by atoms with Gasteiger partial charge in [-0.05, 0) is 36.8 Å². The Morgan fingerprint density at radius 3 is 2.36 bits per heavy atom. The van der Waals surface area contributed by atoms with E-state index in [1.54, 1.807) is 23.7 Å². The van der Waals surface area contributed by atoms with Gasteiger partial charge in [0.15, 0.2) is 0 Å². The lowest BCUT2D eigenvalue weighted by molar-refractivity contribution is -0.115. The van der Waals surface area contributed by atoms with Gasteiger partial charge in [-0.25, -0.2) is 4.98 Å². The Kier molecular flexibility index (Phi) is 5.26. The van der Waals surface area contributed by atoms with E-state index in [0.29, 0.717) is 6.42 Å². The fourth-order valence-corrected chi connectivity index (χ4v) is 3.69. The van der Waals surface area contributed by atoms with Gasteiger partial charge < -0.3 is 5.32 Å². The van der Waals surface area contributed by atoms with Gasteiger partial charge in [0, 0.05) is 34.6 Å². The van der Waals surface area contributed by atoms with Crippen molar-refractivity contribution in [2.24, 2.45) is 0 Å². The predicted molar refractivity (Wildman–Crippen MR) is 114 cm³/mol. The molecule has 4 nitrogen and oxygen atoms in total. The van der Waals surface area contributed by atoms with Crippen LogP contribution in [0.4, 0.5) is 5.69 Å². The largest absolute Gasteiger partial charge is 0.326 e. The molecule has 0 radical (unpaired) electrons. The first-order chi connectivity index (χ1) is 13.7. The van der Waals surface area contributed by atoms with Crippen molar-refractivity contribution in [3.63, 3.8) is 0 Å². The molecule has 0 atom stereocenters. The molecule has 2 aromatic carbocycles. The highest BCUT2D eigenvalue weighted by Gasteiger charge is 2.08. The van der Waals surface area contributed by atoms with Crippen LogP contribution in [0.25, 0.3) is 21.8 Å². The van der Waals surface area contributed by atoms with Gasteiger partial charge in [-0.2, -0.15) is 0 Å². The SMILES string of the molecule is Cc1ccc(NC(=O)Cc2ccc(-c3csc(-c4ccncc4)n3)cc2)cc1. The highest BCUT2D eigenvalue weighted by Crippen LogP contribution is 2.28. The van der Waals surface area contributed by atoms with Crippen molar-refractivity contribution in [3.8, 4) is 21.8 Å². The molecule has 0 spiro atoms. The van der Waals surface area contributed by atoms with E-state index in [1.165, 1.54) is 5.56 Å². The highest BCUT2D eigenvalue weighted by molar-refractivity contribution is 7.13. The van der Waals surface area contributed by atoms with Crippen LogP contribution in [-0.2, 0) is 11.2 Å². The number of benzene rings is 2. The lowest BCUT2D eigenvalue weighted by Crippen LogP contribution is -2.14. The number of thiazole rings is 1. The van der Waals surface area contributed by atoms with Crippen LogP contribution in [0.3, 0.4) is 0 Å². The zero-order valence-corrected chi connectivity index (χ0v) is 16.2. The van der Waals surface area contributed by atoms with Crippen molar-refractivity contribution in [3.05, 3.63) is 89.6 Å². The summed E-state index contributed by atoms with van der Waals surface area (Å²) in [6, 6.07) is 19.7. The molecule has 1 N–H and O–H groups in total. The Morgan fingerprint density at radius 1 is 0.929 bits per heavy atom. The second kappa shape index (κ2) is 8.15. The first-order valence-corrected chi connectivity index (χ1v) is 9.87. The molecule has 2 heterocycles. The summed E-state index contributed by atoms with van der Waals surface area (Å²) in [5.41, 5.74) is 6.00. The van der Waals surface area contributed by atoms with Crippen LogP contribution in [0.2, 0.25) is 0 Å². The summed E-state index contributed by atoms with van der Waals surface area (Å²) < 4.78 is 0. The van der Waals surface area contributed by atoms with E-state index in [0.717, 1.165) is 33.1 Å². The van der Waals surface area contributed by atoms with Gasteiger partial charge in [0.2, 0.25) is 5.91 Å². The number of carbonyl (C=O) groups is 1. The summed E-state index contributed by atoms with van der Waals surface area (Å²) in [6.45, 7) is 2.02. The van der Waals surface area contributed by atoms with Crippen LogP contribution in [0.1, 0.15) is 11.1 Å². The molecule has 0 aliphatic heterocycles. The van der Waals surface area contributed by atoms with Crippen molar-refractivity contribution < 1.29 is 4.79 Å². The number of aryl methyl sites for hydroxylation is 1. The fraction of sp³-hybridized carbons (Fsp3) is 0.0870. The van der Waals surface area contributed by atoms with E-state index in [2.05, 4.69) is 15.7 Å². The minimum atomic E-state index is -0.0229. The standard InChI is InChI=1S/C23H19N3OS/c1-16-2-8-20(9-3-16)25-22(27)14-17-4-6-18(7-5-17)21-15-28-23(26-21)19-10-12-24-13-11-19/h2-13,15H,14H2,1H3,(H,25,27). The lowest BCUT2D eigenvalue weighted by Gasteiger charge is -2.06. The third-order valence-electron chi connectivity index (χ3n) is 4.38. The van der Waals surface area contributed by atoms with E-state index in [-0.39, 0.29) is 5.91 Å². The second-order valence-electron chi connectivity index (χ2n) is 6.56. The Hall–Kier alpha value is -3.31. The number of aromatic nitrogens is 2. The minimum Gasteiger partial charge on any atom is -0.326 e. The average molecular weight is 385 g/mol. The van der Waals surface area contributed by atoms with Gasteiger partial charge in [0.25, 0.3) is 0 Å². The third kappa shape index (κ3) is 4.32. The number of anilines is 1. The number of hydrogen-bond donors (Lipinski definition) is 1. The Morgan fingerprint density at radius 2 is 1.64 bits per heavy atom. The topological polar surface area (TPSA) is 54.9 Å². The number of pyridine rings is 1. The average Bonchev–Trinajstić information content (AvgIpc) is 3.21. The predicted octanol–water partition coefficient (Wildman–Crippen LogP) is 5.36. The summed E-state index contributed by atoms with van der Waals surface area (Å²) in [4.78, 5) is 21.0. The van der Waals surface area contributed by atoms with Crippen LogP contribution < -0.4 is 5.32 Å². The molecule has 0 aliphatic carbocycles. The third-order valence-corrected chi connectivity index (χ3v) is 5.27. The molecular weight excluding hydrogens is 366 g/mol. The minimum absolute atomic E-state index is 0.0229. The summed E-state index contributed by atoms with van der Waals surface area (Å²) in [5, 5.41) is 5.95. The number of nitrogens with zero attached hydrogens (tertiary/aromatic N) is 2. The fourth-order valence-electron chi connectivity index (χ4n) is 2.85. The van der Waals surface area contributed by atoms with Gasteiger partial charge in [-0.15, -0.1) is 11.3 Å². The molecule has 0 fully saturated rings. The van der Waals surface area contributed by atoms with Crippen molar-refractivity contribution in [1.29, 1.82) is 0 Å². The van der Waals surface area contributed by atoms with Crippen molar-refractivity contribution in [1.82, 2.24) is 9.97 Å². The van der Waals surface area contributed by atoms with E-state index < -0.39 is 0 Å². The zero-order chi connectivity index (χ0) is 19.3. The quantitative estimate of drug-likeness (QED) is 0.503. The van der Waals surface area contributed by atoms with Crippen LogP contribution in [-0.4, -0.2) is 15.9 Å². The van der Waals surface area contributed by atoms with Gasteiger partial charge in [-0.1, -0.05) is 42.0 Å². The summed E-state index contributed by atoms with van der Waals surface area (Å²) in [6.07, 6.45) is 3.88. The maximum Gasteiger partial charge on any atom is 0.228 e. The number of rotatable bonds is 5. The van der Waals surface area contributed by atoms with E-state index in [9.17, 15) is 4.79 Å². The van der Waals surface area contributed by atoms with Crippen LogP contribution in [0, 0.1) is 6.92 Å². The van der Waals surface area contributed by atoms with Crippen molar-refractivity contribution in [2.75, 3.05) is 5.32 Å². The van der Waals surface area contributed by atoms with Gasteiger partial charge in [0.1, 0.15) is 5.01 Å². The maximum absolute atomic E-state index is 12.3. The normalized spacial score (nSPS) is 10.6. The van der Waals surface area contributed by atoms with Crippen molar-refractivity contribution >= 4 is 22.9 Å². The number of carbonyl (C=O) groups excluding carboxylic acids is 1. The number of hydrogen-bond acceptors (Lipinski definition) is 4.